The van der Waals surface area contributed by atoms with E-state index in [0.717, 1.165) is 50.6 Å². The van der Waals surface area contributed by atoms with E-state index in [4.69, 9.17) is 19.5 Å². The SMILES string of the molecule is O=C(O)C(F)(F)F.O=C([C@@H]1COC[C@H]2CN(Cc3nccs3)C[C@H]21)N1CCCCO1. The van der Waals surface area contributed by atoms with Crippen LogP contribution in [0, 0.1) is 17.8 Å². The first-order chi connectivity index (χ1) is 14.3. The number of likely N-dealkylation sites (tertiary alicyclic amines) is 1. The molecule has 0 unspecified atom stereocenters. The van der Waals surface area contributed by atoms with Crippen LogP contribution in [-0.2, 0) is 25.7 Å². The molecule has 3 aliphatic rings. The lowest BCUT2D eigenvalue weighted by molar-refractivity contribution is -0.207. The van der Waals surface area contributed by atoms with Gasteiger partial charge in [-0.3, -0.25) is 14.5 Å². The number of carboxylic acids is 1. The number of carbonyl (C=O) groups excluding carboxylic acids is 1. The molecule has 0 spiro atoms. The fourth-order valence-electron chi connectivity index (χ4n) is 3.95. The summed E-state index contributed by atoms with van der Waals surface area (Å²) in [6, 6.07) is 0. The van der Waals surface area contributed by atoms with Crippen molar-refractivity contribution in [2.24, 2.45) is 17.8 Å². The number of thiazole rings is 1. The minimum absolute atomic E-state index is 0.0619. The van der Waals surface area contributed by atoms with Gasteiger partial charge in [-0.1, -0.05) is 0 Å². The number of aliphatic carboxylic acids is 1. The van der Waals surface area contributed by atoms with Crippen molar-refractivity contribution in [3.05, 3.63) is 16.6 Å². The molecule has 12 heteroatoms. The Balaban J connectivity index is 0.000000318. The molecule has 4 rings (SSSR count). The summed E-state index contributed by atoms with van der Waals surface area (Å²) in [6.45, 7) is 5.51. The van der Waals surface area contributed by atoms with E-state index in [0.29, 0.717) is 25.0 Å². The van der Waals surface area contributed by atoms with E-state index in [2.05, 4.69) is 9.88 Å². The van der Waals surface area contributed by atoms with E-state index >= 15 is 0 Å². The molecule has 1 N–H and O–H groups in total. The Kier molecular flexibility index (Phi) is 7.66. The number of alkyl halides is 3. The van der Waals surface area contributed by atoms with Crippen LogP contribution in [0.4, 0.5) is 13.2 Å². The number of amides is 1. The highest BCUT2D eigenvalue weighted by Crippen LogP contribution is 2.36. The monoisotopic (exact) mass is 451 g/mol. The van der Waals surface area contributed by atoms with E-state index in [-0.39, 0.29) is 11.8 Å². The number of hydroxylamine groups is 2. The maximum absolute atomic E-state index is 12.8. The smallest absolute Gasteiger partial charge is 0.475 e. The summed E-state index contributed by atoms with van der Waals surface area (Å²) >= 11 is 1.69. The van der Waals surface area contributed by atoms with Crippen LogP contribution >= 0.6 is 11.3 Å². The van der Waals surface area contributed by atoms with Gasteiger partial charge in [0.15, 0.2) is 0 Å². The topological polar surface area (TPSA) is 92.2 Å². The minimum Gasteiger partial charge on any atom is -0.475 e. The van der Waals surface area contributed by atoms with Gasteiger partial charge in [-0.15, -0.1) is 11.3 Å². The van der Waals surface area contributed by atoms with E-state index in [1.165, 1.54) is 0 Å². The van der Waals surface area contributed by atoms with E-state index in [1.54, 1.807) is 16.4 Å². The highest BCUT2D eigenvalue weighted by atomic mass is 32.1. The maximum Gasteiger partial charge on any atom is 0.490 e. The Labute approximate surface area is 175 Å². The molecule has 8 nitrogen and oxygen atoms in total. The molecule has 3 fully saturated rings. The van der Waals surface area contributed by atoms with Gasteiger partial charge in [-0.05, 0) is 24.7 Å². The van der Waals surface area contributed by atoms with Gasteiger partial charge >= 0.3 is 12.1 Å². The number of halogens is 3. The zero-order chi connectivity index (χ0) is 21.7. The number of aromatic nitrogens is 1. The lowest BCUT2D eigenvalue weighted by Gasteiger charge is -2.36. The van der Waals surface area contributed by atoms with Crippen LogP contribution in [0.5, 0.6) is 0 Å². The maximum atomic E-state index is 12.8. The second-order valence-corrected chi connectivity index (χ2v) is 8.45. The Bertz CT molecular complexity index is 712. The summed E-state index contributed by atoms with van der Waals surface area (Å²) in [4.78, 5) is 34.1. The zero-order valence-corrected chi connectivity index (χ0v) is 17.0. The van der Waals surface area contributed by atoms with Crippen LogP contribution in [0.1, 0.15) is 17.8 Å². The standard InChI is InChI=1S/C16H23N3O3S.C2HF3O2/c20-16(19-4-1-2-5-22-19)14-11-21-10-12-7-18(8-13(12)14)9-15-17-3-6-23-15;3-2(4,5)1(6)7/h3,6,12-14H,1-2,4-5,7-11H2;(H,6,7)/t12-,13-,14-;/m1./s1. The van der Waals surface area contributed by atoms with E-state index in [1.807, 2.05) is 11.6 Å². The van der Waals surface area contributed by atoms with Gasteiger partial charge in [0.1, 0.15) is 5.01 Å². The molecule has 4 heterocycles. The molecule has 0 radical (unpaired) electrons. The number of fused-ring (bicyclic) bond motifs is 1. The molecule has 1 aromatic heterocycles. The Morgan fingerprint density at radius 3 is 2.63 bits per heavy atom. The molecule has 3 aliphatic heterocycles. The normalized spacial score (nSPS) is 27.2. The minimum atomic E-state index is -5.08. The number of ether oxygens (including phenoxy) is 1. The first kappa shape index (κ1) is 22.9. The molecule has 0 aromatic carbocycles. The van der Waals surface area contributed by atoms with Crippen molar-refractivity contribution in [2.45, 2.75) is 25.6 Å². The Hall–Kier alpha value is -1.76. The van der Waals surface area contributed by atoms with Crippen LogP contribution in [0.15, 0.2) is 11.6 Å². The molecule has 30 heavy (non-hydrogen) atoms. The number of hydrogen-bond donors (Lipinski definition) is 1. The molecule has 0 saturated carbocycles. The van der Waals surface area contributed by atoms with Gasteiger partial charge in [0, 0.05) is 31.2 Å². The van der Waals surface area contributed by atoms with Gasteiger partial charge in [0.05, 0.1) is 32.3 Å². The number of nitrogens with zero attached hydrogens (tertiary/aromatic N) is 3. The highest BCUT2D eigenvalue weighted by Gasteiger charge is 2.45. The summed E-state index contributed by atoms with van der Waals surface area (Å²) in [7, 11) is 0. The predicted octanol–water partition coefficient (Wildman–Crippen LogP) is 2.02. The molecule has 1 amide bonds. The van der Waals surface area contributed by atoms with E-state index in [9.17, 15) is 18.0 Å². The lowest BCUT2D eigenvalue weighted by Crippen LogP contribution is -2.47. The van der Waals surface area contributed by atoms with Crippen molar-refractivity contribution in [3.63, 3.8) is 0 Å². The second kappa shape index (κ2) is 10.0. The van der Waals surface area contributed by atoms with Crippen LogP contribution in [0.25, 0.3) is 0 Å². The molecule has 3 saturated heterocycles. The first-order valence-corrected chi connectivity index (χ1v) is 10.6. The van der Waals surface area contributed by atoms with Crippen LogP contribution in [0.3, 0.4) is 0 Å². The third kappa shape index (κ3) is 5.90. The molecular formula is C18H24F3N3O5S. The summed E-state index contributed by atoms with van der Waals surface area (Å²) in [5, 5.41) is 11.9. The van der Waals surface area contributed by atoms with Gasteiger partial charge in [-0.2, -0.15) is 13.2 Å². The van der Waals surface area contributed by atoms with Crippen molar-refractivity contribution >= 4 is 23.2 Å². The molecule has 0 aliphatic carbocycles. The molecule has 168 valence electrons. The predicted molar refractivity (Wildman–Crippen MR) is 99.3 cm³/mol. The largest absolute Gasteiger partial charge is 0.490 e. The lowest BCUT2D eigenvalue weighted by atomic mass is 9.82. The summed E-state index contributed by atoms with van der Waals surface area (Å²) in [5.41, 5.74) is 0. The van der Waals surface area contributed by atoms with Crippen molar-refractivity contribution in [1.29, 1.82) is 0 Å². The number of rotatable bonds is 3. The van der Waals surface area contributed by atoms with Crippen LogP contribution in [0.2, 0.25) is 0 Å². The van der Waals surface area contributed by atoms with Crippen molar-refractivity contribution in [3.8, 4) is 0 Å². The van der Waals surface area contributed by atoms with Crippen LogP contribution < -0.4 is 0 Å². The Morgan fingerprint density at radius 2 is 2.03 bits per heavy atom. The average Bonchev–Trinajstić information content (AvgIpc) is 3.37. The quantitative estimate of drug-likeness (QED) is 0.752. The van der Waals surface area contributed by atoms with Crippen molar-refractivity contribution in [1.82, 2.24) is 14.9 Å². The summed E-state index contributed by atoms with van der Waals surface area (Å²) < 4.78 is 37.5. The number of hydrogen-bond acceptors (Lipinski definition) is 7. The van der Waals surface area contributed by atoms with Gasteiger partial charge in [0.25, 0.3) is 5.91 Å². The fraction of sp³-hybridized carbons (Fsp3) is 0.722. The summed E-state index contributed by atoms with van der Waals surface area (Å²) in [5.74, 6) is -1.87. The fourth-order valence-corrected chi connectivity index (χ4v) is 4.61. The van der Waals surface area contributed by atoms with Crippen LogP contribution in [-0.4, -0.2) is 77.6 Å². The van der Waals surface area contributed by atoms with E-state index < -0.39 is 12.1 Å². The van der Waals surface area contributed by atoms with Gasteiger partial charge in [0.2, 0.25) is 0 Å². The third-order valence-electron chi connectivity index (χ3n) is 5.36. The van der Waals surface area contributed by atoms with Crippen molar-refractivity contribution in [2.75, 3.05) is 39.5 Å². The zero-order valence-electron chi connectivity index (χ0n) is 16.2. The Morgan fingerprint density at radius 1 is 1.27 bits per heavy atom. The molecule has 1 aromatic rings. The summed E-state index contributed by atoms with van der Waals surface area (Å²) in [6.07, 6.45) is -1.16. The average molecular weight is 451 g/mol. The molecular weight excluding hydrogens is 427 g/mol. The molecule has 0 bridgehead atoms. The van der Waals surface area contributed by atoms with Gasteiger partial charge < -0.3 is 9.84 Å². The second-order valence-electron chi connectivity index (χ2n) is 7.47. The first-order valence-electron chi connectivity index (χ1n) is 9.68. The number of carboxylic acid groups (broad SMARTS) is 1. The highest BCUT2D eigenvalue weighted by molar-refractivity contribution is 7.09. The molecule has 3 atom stereocenters. The van der Waals surface area contributed by atoms with Crippen molar-refractivity contribution < 1.29 is 37.4 Å². The number of carbonyl (C=O) groups is 2. The third-order valence-corrected chi connectivity index (χ3v) is 6.13. The van der Waals surface area contributed by atoms with Gasteiger partial charge in [-0.25, -0.2) is 14.8 Å².